The number of halogens is 3. The highest BCUT2D eigenvalue weighted by Crippen LogP contribution is 2.33. The van der Waals surface area contributed by atoms with Gasteiger partial charge in [0.25, 0.3) is 0 Å². The second-order valence-corrected chi connectivity index (χ2v) is 5.51. The molecule has 0 unspecified atom stereocenters. The van der Waals surface area contributed by atoms with Gasteiger partial charge in [-0.2, -0.15) is 0 Å². The highest BCUT2D eigenvalue weighted by Gasteiger charge is 2.22. The van der Waals surface area contributed by atoms with E-state index >= 15 is 0 Å². The number of benzene rings is 1. The molecule has 9 heteroatoms. The van der Waals surface area contributed by atoms with Crippen LogP contribution in [0.3, 0.4) is 0 Å². The Labute approximate surface area is 144 Å². The molecular weight excluding hydrogens is 393 g/mol. The zero-order valence-electron chi connectivity index (χ0n) is 11.8. The normalized spacial score (nSPS) is 10.3. The first-order valence-electron chi connectivity index (χ1n) is 6.32. The van der Waals surface area contributed by atoms with E-state index in [0.717, 1.165) is 0 Å². The molecule has 0 saturated carbocycles. The van der Waals surface area contributed by atoms with E-state index in [4.69, 9.17) is 11.6 Å². The summed E-state index contributed by atoms with van der Waals surface area (Å²) in [6.07, 6.45) is 0. The van der Waals surface area contributed by atoms with Gasteiger partial charge in [0.15, 0.2) is 16.7 Å². The van der Waals surface area contributed by atoms with E-state index in [0.29, 0.717) is 11.3 Å². The van der Waals surface area contributed by atoms with Gasteiger partial charge in [-0.3, -0.25) is 0 Å². The van der Waals surface area contributed by atoms with Gasteiger partial charge in [0.2, 0.25) is 0 Å². The van der Waals surface area contributed by atoms with E-state index in [9.17, 15) is 14.4 Å². The van der Waals surface area contributed by atoms with Crippen molar-refractivity contribution >= 4 is 44.9 Å². The molecule has 0 aliphatic heterocycles. The summed E-state index contributed by atoms with van der Waals surface area (Å²) < 4.78 is 18.8. The van der Waals surface area contributed by atoms with Crippen LogP contribution in [0, 0.1) is 11.0 Å². The number of methoxy groups -OCH3 is 1. The van der Waals surface area contributed by atoms with E-state index in [2.05, 4.69) is 31.0 Å². The molecule has 0 spiro atoms. The molecule has 1 heterocycles. The molecule has 2 N–H and O–H groups in total. The van der Waals surface area contributed by atoms with Gasteiger partial charge in [-0.15, -0.1) is 0 Å². The van der Waals surface area contributed by atoms with Crippen LogP contribution in [0.5, 0.6) is 0 Å². The maximum absolute atomic E-state index is 14.2. The number of nitrogens with one attached hydrogen (secondary N) is 2. The Hall–Kier alpha value is -1.90. The molecule has 0 saturated heterocycles. The van der Waals surface area contributed by atoms with Crippen molar-refractivity contribution < 1.29 is 13.9 Å². The number of carbonyl (C=O) groups excluding carboxylic acids is 1. The van der Waals surface area contributed by atoms with Crippen molar-refractivity contribution in [1.29, 1.82) is 0 Å². The Morgan fingerprint density at radius 3 is 2.83 bits per heavy atom. The summed E-state index contributed by atoms with van der Waals surface area (Å²) in [4.78, 5) is 15.3. The number of esters is 1. The first kappa shape index (κ1) is 17.5. The predicted octanol–water partition coefficient (Wildman–Crippen LogP) is 3.95. The summed E-state index contributed by atoms with van der Waals surface area (Å²) >= 11 is 8.83. The Kier molecular flexibility index (Phi) is 5.75. The molecule has 6 nitrogen and oxygen atoms in total. The molecule has 0 atom stereocenters. The smallest absolute Gasteiger partial charge is 0.357 e. The van der Waals surface area contributed by atoms with Gasteiger partial charge in [-0.05, 0) is 27.6 Å². The lowest BCUT2D eigenvalue weighted by Crippen LogP contribution is -2.11. The van der Waals surface area contributed by atoms with Crippen molar-refractivity contribution in [3.63, 3.8) is 0 Å². The van der Waals surface area contributed by atoms with Crippen LogP contribution in [0.15, 0.2) is 28.7 Å². The van der Waals surface area contributed by atoms with Crippen molar-refractivity contribution in [1.82, 2.24) is 4.98 Å². The first-order valence-corrected chi connectivity index (χ1v) is 7.49. The second-order valence-electron chi connectivity index (χ2n) is 4.36. The average Bonchev–Trinajstić information content (AvgIpc) is 2.57. The van der Waals surface area contributed by atoms with Crippen LogP contribution >= 0.6 is 27.5 Å². The van der Waals surface area contributed by atoms with Crippen molar-refractivity contribution in [2.24, 2.45) is 0 Å². The SMILES string of the molecule is COC(=O)c1nc(Cl)c(F)c(NCc2ccccc2N[O-])c1Br. The van der Waals surface area contributed by atoms with Crippen molar-refractivity contribution in [3.05, 3.63) is 56.2 Å². The Balaban J connectivity index is 2.36. The number of ether oxygens (including phenoxy) is 1. The van der Waals surface area contributed by atoms with Crippen molar-refractivity contribution in [3.8, 4) is 0 Å². The van der Waals surface area contributed by atoms with Crippen LogP contribution in [-0.2, 0) is 11.3 Å². The fraction of sp³-hybridized carbons (Fsp3) is 0.143. The van der Waals surface area contributed by atoms with Crippen LogP contribution in [0.1, 0.15) is 16.1 Å². The topological polar surface area (TPSA) is 86.3 Å². The lowest BCUT2D eigenvalue weighted by Gasteiger charge is -2.17. The highest BCUT2D eigenvalue weighted by atomic mass is 79.9. The molecule has 2 rings (SSSR count). The number of rotatable bonds is 5. The molecule has 1 aromatic heterocycles. The van der Waals surface area contributed by atoms with Crippen molar-refractivity contribution in [2.45, 2.75) is 6.54 Å². The number of hydrogen-bond donors (Lipinski definition) is 2. The van der Waals surface area contributed by atoms with Crippen LogP contribution in [0.2, 0.25) is 5.15 Å². The molecule has 1 aromatic carbocycles. The first-order chi connectivity index (χ1) is 11.0. The third-order valence-electron chi connectivity index (χ3n) is 3.00. The number of hydrogen-bond acceptors (Lipinski definition) is 6. The van der Waals surface area contributed by atoms with Crippen LogP contribution in [-0.4, -0.2) is 18.1 Å². The third-order valence-corrected chi connectivity index (χ3v) is 4.02. The Morgan fingerprint density at radius 2 is 2.17 bits per heavy atom. The molecule has 0 amide bonds. The summed E-state index contributed by atoms with van der Waals surface area (Å²) in [5, 5.41) is 13.2. The summed E-state index contributed by atoms with van der Waals surface area (Å²) in [5.41, 5.74) is 2.56. The summed E-state index contributed by atoms with van der Waals surface area (Å²) in [6, 6.07) is 6.72. The quantitative estimate of drug-likeness (QED) is 0.447. The minimum absolute atomic E-state index is 0.0499. The number of nitrogens with zero attached hydrogens (tertiary/aromatic N) is 1. The summed E-state index contributed by atoms with van der Waals surface area (Å²) in [5.74, 6) is -1.58. The van der Waals surface area contributed by atoms with Gasteiger partial charge in [-0.25, -0.2) is 14.2 Å². The second kappa shape index (κ2) is 7.58. The zero-order valence-corrected chi connectivity index (χ0v) is 14.2. The minimum Gasteiger partial charge on any atom is -0.761 e. The number of para-hydroxylation sites is 1. The van der Waals surface area contributed by atoms with E-state index in [1.54, 1.807) is 29.7 Å². The monoisotopic (exact) mass is 402 g/mol. The maximum Gasteiger partial charge on any atom is 0.357 e. The molecule has 0 aliphatic carbocycles. The predicted molar refractivity (Wildman–Crippen MR) is 89.0 cm³/mol. The molecule has 2 aromatic rings. The van der Waals surface area contributed by atoms with Gasteiger partial charge in [-0.1, -0.05) is 29.8 Å². The highest BCUT2D eigenvalue weighted by molar-refractivity contribution is 9.10. The standard InChI is InChI=1S/C14H11BrClFN3O3/c1-23-14(21)12-9(15)11(10(17)13(16)19-12)18-6-7-4-2-3-5-8(7)20-22/h2-5,20H,6H2,1H3,(H,18,19)/q-1. The van der Waals surface area contributed by atoms with E-state index in [1.165, 1.54) is 7.11 Å². The molecule has 0 radical (unpaired) electrons. The number of anilines is 2. The molecule has 0 fully saturated rings. The molecule has 0 aliphatic rings. The molecule has 122 valence electrons. The number of pyridine rings is 1. The van der Waals surface area contributed by atoms with Gasteiger partial charge in [0.05, 0.1) is 17.3 Å². The van der Waals surface area contributed by atoms with Gasteiger partial charge in [0.1, 0.15) is 0 Å². The van der Waals surface area contributed by atoms with Gasteiger partial charge in [0, 0.05) is 12.2 Å². The largest absolute Gasteiger partial charge is 0.761 e. The lowest BCUT2D eigenvalue weighted by atomic mass is 10.2. The summed E-state index contributed by atoms with van der Waals surface area (Å²) in [6.45, 7) is 0.127. The van der Waals surface area contributed by atoms with Crippen LogP contribution < -0.4 is 10.8 Å². The van der Waals surface area contributed by atoms with Gasteiger partial charge >= 0.3 is 5.97 Å². The van der Waals surface area contributed by atoms with Gasteiger partial charge < -0.3 is 20.7 Å². The fourth-order valence-electron chi connectivity index (χ4n) is 1.86. The van der Waals surface area contributed by atoms with E-state index < -0.39 is 16.9 Å². The molecule has 23 heavy (non-hydrogen) atoms. The molecule has 0 bridgehead atoms. The molecular formula is C14H11BrClFN3O3-. The Morgan fingerprint density at radius 1 is 1.48 bits per heavy atom. The average molecular weight is 404 g/mol. The van der Waals surface area contributed by atoms with Crippen LogP contribution in [0.25, 0.3) is 0 Å². The summed E-state index contributed by atoms with van der Waals surface area (Å²) in [7, 11) is 1.18. The third kappa shape index (κ3) is 3.72. The number of aromatic nitrogens is 1. The maximum atomic E-state index is 14.2. The van der Waals surface area contributed by atoms with E-state index in [1.807, 2.05) is 0 Å². The fourth-order valence-corrected chi connectivity index (χ4v) is 2.60. The zero-order chi connectivity index (χ0) is 17.0. The van der Waals surface area contributed by atoms with E-state index in [-0.39, 0.29) is 22.4 Å². The van der Waals surface area contributed by atoms with Crippen molar-refractivity contribution in [2.75, 3.05) is 17.9 Å². The Bertz CT molecular complexity index is 745. The minimum atomic E-state index is -0.821. The van der Waals surface area contributed by atoms with Crippen LogP contribution in [0.4, 0.5) is 15.8 Å². The number of carbonyl (C=O) groups is 1. The lowest BCUT2D eigenvalue weighted by molar-refractivity contribution is 0.0593.